The fourth-order valence-corrected chi connectivity index (χ4v) is 6.94. The number of aliphatic hydroxyl groups is 1. The van der Waals surface area contributed by atoms with E-state index in [9.17, 15) is 24.6 Å². The second-order valence-electron chi connectivity index (χ2n) is 11.1. The van der Waals surface area contributed by atoms with Gasteiger partial charge < -0.3 is 24.7 Å². The summed E-state index contributed by atoms with van der Waals surface area (Å²) >= 11 is 0. The van der Waals surface area contributed by atoms with Gasteiger partial charge in [0.2, 0.25) is 5.91 Å². The van der Waals surface area contributed by atoms with Gasteiger partial charge in [0.15, 0.2) is 0 Å². The number of carboxylic acid groups (broad SMARTS) is 1. The lowest BCUT2D eigenvalue weighted by atomic mass is 9.66. The number of carbonyl (C=O) groups is 3. The third-order valence-electron chi connectivity index (χ3n) is 8.65. The van der Waals surface area contributed by atoms with Crippen LogP contribution in [0.4, 0.5) is 5.69 Å². The fourth-order valence-electron chi connectivity index (χ4n) is 6.94. The zero-order chi connectivity index (χ0) is 26.7. The van der Waals surface area contributed by atoms with E-state index in [2.05, 4.69) is 6.58 Å². The topological polar surface area (TPSA) is 107 Å². The highest BCUT2D eigenvalue weighted by Gasteiger charge is 2.79. The molecule has 6 atom stereocenters. The van der Waals surface area contributed by atoms with E-state index in [1.54, 1.807) is 17.9 Å². The molecule has 0 aromatic heterocycles. The summed E-state index contributed by atoms with van der Waals surface area (Å²) in [5.74, 6) is -4.11. The third kappa shape index (κ3) is 3.61. The van der Waals surface area contributed by atoms with Crippen LogP contribution in [0.1, 0.15) is 33.6 Å². The number of likely N-dealkylation sites (tertiary alicyclic amines) is 1. The quantitative estimate of drug-likeness (QED) is 0.533. The number of anilines is 1. The zero-order valence-electron chi connectivity index (χ0n) is 21.5. The molecule has 0 aliphatic carbocycles. The smallest absolute Gasteiger partial charge is 0.310 e. The van der Waals surface area contributed by atoms with E-state index in [0.717, 1.165) is 10.8 Å². The Labute approximate surface area is 216 Å². The first kappa shape index (κ1) is 25.4. The maximum atomic E-state index is 14.6. The lowest BCUT2D eigenvalue weighted by Gasteiger charge is -2.40. The van der Waals surface area contributed by atoms with E-state index >= 15 is 0 Å². The normalized spacial score (nSPS) is 31.1. The van der Waals surface area contributed by atoms with Gasteiger partial charge in [0.25, 0.3) is 5.91 Å². The number of carboxylic acids is 1. The maximum Gasteiger partial charge on any atom is 0.310 e. The number of aliphatic hydroxyl groups excluding tert-OH is 1. The Balaban J connectivity index is 1.65. The molecule has 2 N–H and O–H groups in total. The van der Waals surface area contributed by atoms with Gasteiger partial charge in [-0.3, -0.25) is 14.4 Å². The summed E-state index contributed by atoms with van der Waals surface area (Å²) in [5, 5.41) is 22.5. The molecule has 2 aromatic carbocycles. The predicted octanol–water partition coefficient (Wildman–Crippen LogP) is 3.23. The fraction of sp³-hybridized carbons (Fsp3) is 0.483. The van der Waals surface area contributed by atoms with Gasteiger partial charge in [-0.15, -0.1) is 6.58 Å². The van der Waals surface area contributed by atoms with Crippen molar-refractivity contribution in [1.29, 1.82) is 0 Å². The minimum Gasteiger partial charge on any atom is -0.481 e. The van der Waals surface area contributed by atoms with E-state index in [-0.39, 0.29) is 25.0 Å². The van der Waals surface area contributed by atoms with Crippen LogP contribution in [-0.4, -0.2) is 69.3 Å². The first-order valence-electron chi connectivity index (χ1n) is 12.9. The Hall–Kier alpha value is -3.23. The summed E-state index contributed by atoms with van der Waals surface area (Å²) in [7, 11) is 0. The van der Waals surface area contributed by atoms with Gasteiger partial charge in [0.05, 0.1) is 30.1 Å². The lowest BCUT2D eigenvalue weighted by Crippen LogP contribution is -2.60. The molecule has 2 bridgehead atoms. The summed E-state index contributed by atoms with van der Waals surface area (Å²) < 4.78 is 6.49. The Bertz CT molecular complexity index is 1280. The van der Waals surface area contributed by atoms with Crippen molar-refractivity contribution in [2.24, 2.45) is 17.8 Å². The highest BCUT2D eigenvalue weighted by Crippen LogP contribution is 2.63. The monoisotopic (exact) mass is 506 g/mol. The van der Waals surface area contributed by atoms with Crippen LogP contribution in [0, 0.1) is 17.8 Å². The number of hydrogen-bond donors (Lipinski definition) is 2. The Morgan fingerprint density at radius 1 is 1.22 bits per heavy atom. The number of carbonyl (C=O) groups excluding carboxylic acids is 2. The molecule has 3 aliphatic heterocycles. The predicted molar refractivity (Wildman–Crippen MR) is 139 cm³/mol. The average molecular weight is 507 g/mol. The van der Waals surface area contributed by atoms with Crippen LogP contribution in [-0.2, 0) is 19.1 Å². The Morgan fingerprint density at radius 3 is 2.54 bits per heavy atom. The summed E-state index contributed by atoms with van der Waals surface area (Å²) in [6, 6.07) is 11.8. The molecule has 3 aliphatic rings. The molecule has 2 aromatic rings. The number of aliphatic carboxylic acids is 1. The lowest BCUT2D eigenvalue weighted by molar-refractivity contribution is -0.156. The van der Waals surface area contributed by atoms with E-state index in [1.165, 1.54) is 4.90 Å². The molecule has 37 heavy (non-hydrogen) atoms. The van der Waals surface area contributed by atoms with Crippen molar-refractivity contribution < 1.29 is 29.3 Å². The summed E-state index contributed by atoms with van der Waals surface area (Å²) in [6.45, 7) is 9.18. The molecule has 196 valence electrons. The van der Waals surface area contributed by atoms with Crippen LogP contribution in [0.5, 0.6) is 0 Å². The number of ether oxygens (including phenoxy) is 1. The summed E-state index contributed by atoms with van der Waals surface area (Å²) in [5.41, 5.74) is -1.66. The largest absolute Gasteiger partial charge is 0.481 e. The van der Waals surface area contributed by atoms with Gasteiger partial charge in [-0.1, -0.05) is 50.3 Å². The molecule has 0 saturated carbocycles. The molecule has 2 unspecified atom stereocenters. The zero-order valence-corrected chi connectivity index (χ0v) is 21.5. The summed E-state index contributed by atoms with van der Waals surface area (Å²) in [6.07, 6.45) is 2.46. The van der Waals surface area contributed by atoms with Crippen molar-refractivity contribution in [2.45, 2.75) is 56.9 Å². The standard InChI is InChI=1S/C29H34N2O6/c1-5-14-30(20-11-10-18-8-6-7-9-19(18)15-20)26(34)24-29-13-12-28(4,37-29)23(27(35)36)22(29)25(33)31(24)21(16-32)17(2)3/h5-11,15,17,21-24,32H,1,12-14,16H2,2-4H3,(H,35,36)/t21-,22-,23+,24?,28-,29?/m0/s1. The number of fused-ring (bicyclic) bond motifs is 2. The molecule has 1 spiro atoms. The Morgan fingerprint density at radius 2 is 1.92 bits per heavy atom. The van der Waals surface area contributed by atoms with Crippen molar-refractivity contribution in [3.8, 4) is 0 Å². The minimum absolute atomic E-state index is 0.163. The van der Waals surface area contributed by atoms with Gasteiger partial charge >= 0.3 is 5.97 Å². The molecule has 8 heteroatoms. The van der Waals surface area contributed by atoms with Gasteiger partial charge in [-0.2, -0.15) is 0 Å². The van der Waals surface area contributed by atoms with E-state index in [1.807, 2.05) is 56.3 Å². The van der Waals surface area contributed by atoms with Crippen molar-refractivity contribution >= 4 is 34.2 Å². The van der Waals surface area contributed by atoms with Crippen LogP contribution in [0.25, 0.3) is 10.8 Å². The number of hydrogen-bond acceptors (Lipinski definition) is 5. The van der Waals surface area contributed by atoms with Crippen LogP contribution in [0.3, 0.4) is 0 Å². The maximum absolute atomic E-state index is 14.6. The van der Waals surface area contributed by atoms with Crippen molar-refractivity contribution in [3.05, 3.63) is 55.1 Å². The molecular weight excluding hydrogens is 472 g/mol. The average Bonchev–Trinajstić information content (AvgIpc) is 3.43. The van der Waals surface area contributed by atoms with Crippen LogP contribution in [0.15, 0.2) is 55.1 Å². The molecule has 3 saturated heterocycles. The highest BCUT2D eigenvalue weighted by atomic mass is 16.5. The van der Waals surface area contributed by atoms with Crippen molar-refractivity contribution in [2.75, 3.05) is 18.1 Å². The first-order chi connectivity index (χ1) is 17.6. The third-order valence-corrected chi connectivity index (χ3v) is 8.65. The van der Waals surface area contributed by atoms with Crippen molar-refractivity contribution in [3.63, 3.8) is 0 Å². The van der Waals surface area contributed by atoms with Crippen LogP contribution in [0.2, 0.25) is 0 Å². The number of nitrogens with zero attached hydrogens (tertiary/aromatic N) is 2. The minimum atomic E-state index is -1.27. The molecule has 0 radical (unpaired) electrons. The second kappa shape index (κ2) is 8.96. The van der Waals surface area contributed by atoms with Gasteiger partial charge in [-0.25, -0.2) is 0 Å². The molecular formula is C29H34N2O6. The Kier molecular flexibility index (Phi) is 6.15. The molecule has 2 amide bonds. The molecule has 5 rings (SSSR count). The number of benzene rings is 2. The van der Waals surface area contributed by atoms with E-state index in [4.69, 9.17) is 4.74 Å². The summed E-state index contributed by atoms with van der Waals surface area (Å²) in [4.78, 5) is 44.0. The van der Waals surface area contributed by atoms with Crippen molar-refractivity contribution in [1.82, 2.24) is 4.90 Å². The van der Waals surface area contributed by atoms with Crippen LogP contribution >= 0.6 is 0 Å². The van der Waals surface area contributed by atoms with Gasteiger partial charge in [0.1, 0.15) is 11.6 Å². The second-order valence-corrected chi connectivity index (χ2v) is 11.1. The first-order valence-corrected chi connectivity index (χ1v) is 12.9. The molecule has 3 fully saturated rings. The number of rotatable bonds is 8. The molecule has 8 nitrogen and oxygen atoms in total. The SMILES string of the molecule is C=CCN(C(=O)C1N([C@@H](CO)C(C)C)C(=O)[C@@H]2[C@H](C(=O)O)[C@]3(C)CCC12O3)c1ccc2ccccc2c1. The van der Waals surface area contributed by atoms with E-state index < -0.39 is 47.0 Å². The number of amides is 2. The van der Waals surface area contributed by atoms with Crippen LogP contribution < -0.4 is 4.90 Å². The van der Waals surface area contributed by atoms with Gasteiger partial charge in [0, 0.05) is 12.2 Å². The van der Waals surface area contributed by atoms with Gasteiger partial charge in [-0.05, 0) is 48.6 Å². The highest BCUT2D eigenvalue weighted by molar-refractivity contribution is 6.05. The molecule has 3 heterocycles. The van der Waals surface area contributed by atoms with E-state index in [0.29, 0.717) is 18.5 Å².